The fraction of sp³-hybridized carbons (Fsp3) is 0.467. The lowest BCUT2D eigenvalue weighted by molar-refractivity contribution is 0.0367. The number of nitrogens with zero attached hydrogens (tertiary/aromatic N) is 4. The summed E-state index contributed by atoms with van der Waals surface area (Å²) < 4.78 is 5.35. The maximum Gasteiger partial charge on any atom is 0.113 e. The normalized spacial score (nSPS) is 16.4. The van der Waals surface area contributed by atoms with Crippen LogP contribution in [0.2, 0.25) is 0 Å². The van der Waals surface area contributed by atoms with Crippen molar-refractivity contribution in [1.29, 1.82) is 0 Å². The van der Waals surface area contributed by atoms with Gasteiger partial charge in [-0.25, -0.2) is 0 Å². The summed E-state index contributed by atoms with van der Waals surface area (Å²) in [6.45, 7) is 5.76. The van der Waals surface area contributed by atoms with E-state index in [1.165, 1.54) is 0 Å². The lowest BCUT2D eigenvalue weighted by Gasteiger charge is -2.26. The highest BCUT2D eigenvalue weighted by Crippen LogP contribution is 2.14. The molecule has 0 unspecified atom stereocenters. The summed E-state index contributed by atoms with van der Waals surface area (Å²) in [6.07, 6.45) is 2.91. The van der Waals surface area contributed by atoms with E-state index in [4.69, 9.17) is 4.74 Å². The molecule has 1 saturated heterocycles. The largest absolute Gasteiger partial charge is 0.379 e. The van der Waals surface area contributed by atoms with Gasteiger partial charge in [0.15, 0.2) is 0 Å². The molecule has 0 amide bonds. The van der Waals surface area contributed by atoms with Gasteiger partial charge in [-0.15, -0.1) is 0 Å². The quantitative estimate of drug-likeness (QED) is 0.830. The molecule has 1 aliphatic rings. The molecule has 106 valence electrons. The van der Waals surface area contributed by atoms with Crippen LogP contribution in [-0.4, -0.2) is 52.7 Å². The standard InChI is InChI=1S/C15H20N4O/c1-2-5-14(6-3-1)15-13-16-19(17-15)8-4-7-18-9-11-20-12-10-18/h1-3,5-6,13H,4,7-12H2. The summed E-state index contributed by atoms with van der Waals surface area (Å²) in [7, 11) is 0. The first-order chi connectivity index (χ1) is 9.92. The highest BCUT2D eigenvalue weighted by atomic mass is 16.5. The molecule has 20 heavy (non-hydrogen) atoms. The van der Waals surface area contributed by atoms with Gasteiger partial charge in [0.25, 0.3) is 0 Å². The highest BCUT2D eigenvalue weighted by molar-refractivity contribution is 5.56. The predicted molar refractivity (Wildman–Crippen MR) is 77.3 cm³/mol. The van der Waals surface area contributed by atoms with Gasteiger partial charge in [0.1, 0.15) is 5.69 Å². The lowest BCUT2D eigenvalue weighted by atomic mass is 10.2. The first-order valence-corrected chi connectivity index (χ1v) is 7.17. The molecule has 2 heterocycles. The summed E-state index contributed by atoms with van der Waals surface area (Å²) in [4.78, 5) is 4.23. The van der Waals surface area contributed by atoms with Crippen LogP contribution in [0.3, 0.4) is 0 Å². The fourth-order valence-corrected chi connectivity index (χ4v) is 2.41. The van der Waals surface area contributed by atoms with E-state index in [1.807, 2.05) is 24.4 Å². The Morgan fingerprint density at radius 2 is 1.85 bits per heavy atom. The number of hydrogen-bond acceptors (Lipinski definition) is 4. The molecule has 0 spiro atoms. The Morgan fingerprint density at radius 1 is 1.05 bits per heavy atom. The summed E-state index contributed by atoms with van der Waals surface area (Å²) in [5, 5.41) is 8.86. The average Bonchev–Trinajstić information content (AvgIpc) is 2.98. The number of ether oxygens (including phenoxy) is 1. The van der Waals surface area contributed by atoms with Gasteiger partial charge in [-0.1, -0.05) is 30.3 Å². The van der Waals surface area contributed by atoms with Crippen LogP contribution in [0.15, 0.2) is 36.5 Å². The summed E-state index contributed by atoms with van der Waals surface area (Å²) in [5.41, 5.74) is 2.06. The number of benzene rings is 1. The van der Waals surface area contributed by atoms with Crippen LogP contribution in [0, 0.1) is 0 Å². The molecule has 1 aromatic heterocycles. The molecule has 0 saturated carbocycles. The highest BCUT2D eigenvalue weighted by Gasteiger charge is 2.10. The van der Waals surface area contributed by atoms with E-state index in [1.54, 1.807) is 4.80 Å². The van der Waals surface area contributed by atoms with Crippen LogP contribution in [0.5, 0.6) is 0 Å². The molecule has 0 atom stereocenters. The van der Waals surface area contributed by atoms with Gasteiger partial charge in [-0.05, 0) is 6.42 Å². The van der Waals surface area contributed by atoms with E-state index in [0.29, 0.717) is 0 Å². The van der Waals surface area contributed by atoms with Gasteiger partial charge < -0.3 is 4.74 Å². The van der Waals surface area contributed by atoms with Crippen LogP contribution >= 0.6 is 0 Å². The minimum atomic E-state index is 0.859. The van der Waals surface area contributed by atoms with Crippen LogP contribution in [-0.2, 0) is 11.3 Å². The van der Waals surface area contributed by atoms with Gasteiger partial charge in [-0.3, -0.25) is 4.90 Å². The third kappa shape index (κ3) is 3.43. The molecule has 3 rings (SSSR count). The zero-order chi connectivity index (χ0) is 13.6. The first-order valence-electron chi connectivity index (χ1n) is 7.17. The number of aryl methyl sites for hydroxylation is 1. The summed E-state index contributed by atoms with van der Waals surface area (Å²) in [5.74, 6) is 0. The molecular weight excluding hydrogens is 252 g/mol. The van der Waals surface area contributed by atoms with Crippen molar-refractivity contribution < 1.29 is 4.74 Å². The summed E-state index contributed by atoms with van der Waals surface area (Å²) >= 11 is 0. The SMILES string of the molecule is c1ccc(-c2cnn(CCCN3CCOCC3)n2)cc1. The van der Waals surface area contributed by atoms with Gasteiger partial charge in [0.2, 0.25) is 0 Å². The topological polar surface area (TPSA) is 43.2 Å². The second-order valence-corrected chi connectivity index (χ2v) is 5.00. The maximum absolute atomic E-state index is 5.35. The molecule has 0 radical (unpaired) electrons. The molecule has 1 aromatic carbocycles. The van der Waals surface area contributed by atoms with E-state index in [0.717, 1.165) is 57.1 Å². The van der Waals surface area contributed by atoms with Crippen LogP contribution in [0.1, 0.15) is 6.42 Å². The minimum Gasteiger partial charge on any atom is -0.379 e. The molecule has 2 aromatic rings. The van der Waals surface area contributed by atoms with Crippen LogP contribution in [0.4, 0.5) is 0 Å². The molecule has 5 heteroatoms. The molecule has 1 aliphatic heterocycles. The van der Waals surface area contributed by atoms with Crippen molar-refractivity contribution in [3.8, 4) is 11.3 Å². The second-order valence-electron chi connectivity index (χ2n) is 5.00. The van der Waals surface area contributed by atoms with Gasteiger partial charge >= 0.3 is 0 Å². The minimum absolute atomic E-state index is 0.859. The average molecular weight is 272 g/mol. The number of rotatable bonds is 5. The van der Waals surface area contributed by atoms with Gasteiger partial charge in [0.05, 0.1) is 26.0 Å². The summed E-state index contributed by atoms with van der Waals surface area (Å²) in [6, 6.07) is 10.2. The Balaban J connectivity index is 1.50. The maximum atomic E-state index is 5.35. The fourth-order valence-electron chi connectivity index (χ4n) is 2.41. The van der Waals surface area contributed by atoms with Crippen molar-refractivity contribution in [3.05, 3.63) is 36.5 Å². The predicted octanol–water partition coefficient (Wildman–Crippen LogP) is 1.67. The third-order valence-electron chi connectivity index (χ3n) is 3.54. The van der Waals surface area contributed by atoms with Crippen molar-refractivity contribution in [2.24, 2.45) is 0 Å². The van der Waals surface area contributed by atoms with E-state index in [-0.39, 0.29) is 0 Å². The molecule has 1 fully saturated rings. The second kappa shape index (κ2) is 6.63. The molecule has 5 nitrogen and oxygen atoms in total. The van der Waals surface area contributed by atoms with E-state index >= 15 is 0 Å². The van der Waals surface area contributed by atoms with Crippen molar-refractivity contribution >= 4 is 0 Å². The Morgan fingerprint density at radius 3 is 2.65 bits per heavy atom. The Bertz CT molecular complexity index is 520. The van der Waals surface area contributed by atoms with Gasteiger partial charge in [0, 0.05) is 25.2 Å². The zero-order valence-corrected chi connectivity index (χ0v) is 11.6. The van der Waals surface area contributed by atoms with Gasteiger partial charge in [-0.2, -0.15) is 15.0 Å². The smallest absolute Gasteiger partial charge is 0.113 e. The number of hydrogen-bond donors (Lipinski definition) is 0. The number of aromatic nitrogens is 3. The Kier molecular flexibility index (Phi) is 4.40. The Hall–Kier alpha value is -1.72. The zero-order valence-electron chi connectivity index (χ0n) is 11.6. The van der Waals surface area contributed by atoms with Crippen LogP contribution in [0.25, 0.3) is 11.3 Å². The lowest BCUT2D eigenvalue weighted by Crippen LogP contribution is -2.37. The van der Waals surface area contributed by atoms with Crippen molar-refractivity contribution in [3.63, 3.8) is 0 Å². The number of morpholine rings is 1. The van der Waals surface area contributed by atoms with Crippen molar-refractivity contribution in [1.82, 2.24) is 19.9 Å². The Labute approximate surface area is 119 Å². The monoisotopic (exact) mass is 272 g/mol. The van der Waals surface area contributed by atoms with E-state index < -0.39 is 0 Å². The molecular formula is C15H20N4O. The molecule has 0 aliphatic carbocycles. The van der Waals surface area contributed by atoms with E-state index in [2.05, 4.69) is 27.2 Å². The first kappa shape index (κ1) is 13.3. The third-order valence-corrected chi connectivity index (χ3v) is 3.54. The van der Waals surface area contributed by atoms with E-state index in [9.17, 15) is 0 Å². The van der Waals surface area contributed by atoms with Crippen molar-refractivity contribution in [2.45, 2.75) is 13.0 Å². The molecule has 0 N–H and O–H groups in total. The van der Waals surface area contributed by atoms with Crippen LogP contribution < -0.4 is 0 Å². The van der Waals surface area contributed by atoms with Crippen molar-refractivity contribution in [2.75, 3.05) is 32.8 Å². The molecule has 0 bridgehead atoms.